The average Bonchev–Trinajstić information content (AvgIpc) is 2.90. The van der Waals surface area contributed by atoms with E-state index in [-0.39, 0.29) is 16.6 Å². The molecule has 0 bridgehead atoms. The zero-order chi connectivity index (χ0) is 15.7. The molecule has 1 aliphatic heterocycles. The number of amides is 1. The van der Waals surface area contributed by atoms with E-state index in [4.69, 9.17) is 11.6 Å². The van der Waals surface area contributed by atoms with Gasteiger partial charge in [0.1, 0.15) is 0 Å². The van der Waals surface area contributed by atoms with Gasteiger partial charge in [-0.05, 0) is 44.0 Å². The molecule has 1 saturated heterocycles. The van der Waals surface area contributed by atoms with E-state index < -0.39 is 17.3 Å². The van der Waals surface area contributed by atoms with Crippen LogP contribution in [0, 0.1) is 0 Å². The zero-order valence-corrected chi connectivity index (χ0v) is 12.2. The van der Waals surface area contributed by atoms with Crippen molar-refractivity contribution < 1.29 is 18.0 Å². The van der Waals surface area contributed by atoms with Gasteiger partial charge in [0.05, 0.1) is 21.8 Å². The number of rotatable bonds is 3. The molecule has 1 amide bonds. The molecular weight excluding hydrogens is 305 g/mol. The van der Waals surface area contributed by atoms with Crippen molar-refractivity contribution in [1.82, 2.24) is 5.32 Å². The van der Waals surface area contributed by atoms with E-state index in [0.717, 1.165) is 25.1 Å². The second-order valence-corrected chi connectivity index (χ2v) is 5.52. The van der Waals surface area contributed by atoms with E-state index in [2.05, 4.69) is 10.6 Å². The van der Waals surface area contributed by atoms with Crippen LogP contribution in [0.1, 0.15) is 31.7 Å². The number of carbonyl (C=O) groups excluding carboxylic acids is 1. The van der Waals surface area contributed by atoms with Gasteiger partial charge in [-0.2, -0.15) is 13.2 Å². The molecule has 3 nitrogen and oxygen atoms in total. The van der Waals surface area contributed by atoms with Gasteiger partial charge in [-0.25, -0.2) is 0 Å². The second-order valence-electron chi connectivity index (χ2n) is 5.11. The predicted molar refractivity (Wildman–Crippen MR) is 75.3 cm³/mol. The first-order chi connectivity index (χ1) is 9.78. The molecule has 1 atom stereocenters. The lowest BCUT2D eigenvalue weighted by Gasteiger charge is -2.27. The highest BCUT2D eigenvalue weighted by atomic mass is 35.5. The minimum Gasteiger partial charge on any atom is -0.323 e. The zero-order valence-electron chi connectivity index (χ0n) is 11.5. The Balaban J connectivity index is 2.18. The Morgan fingerprint density at radius 1 is 1.48 bits per heavy atom. The van der Waals surface area contributed by atoms with Gasteiger partial charge in [0.25, 0.3) is 0 Å². The van der Waals surface area contributed by atoms with Crippen LogP contribution in [-0.2, 0) is 11.0 Å². The summed E-state index contributed by atoms with van der Waals surface area (Å²) in [5.41, 5.74) is -1.31. The molecular formula is C14H16ClF3N2O. The van der Waals surface area contributed by atoms with Crippen LogP contribution in [0.25, 0.3) is 0 Å². The van der Waals surface area contributed by atoms with Crippen LogP contribution in [0.15, 0.2) is 18.2 Å². The van der Waals surface area contributed by atoms with Crippen molar-refractivity contribution in [2.75, 3.05) is 11.9 Å². The number of anilines is 1. The Labute approximate surface area is 125 Å². The molecule has 7 heteroatoms. The van der Waals surface area contributed by atoms with E-state index in [0.29, 0.717) is 12.8 Å². The van der Waals surface area contributed by atoms with Crippen molar-refractivity contribution in [3.63, 3.8) is 0 Å². The molecule has 1 aromatic carbocycles. The van der Waals surface area contributed by atoms with Gasteiger partial charge in [0.15, 0.2) is 0 Å². The first-order valence-electron chi connectivity index (χ1n) is 6.72. The first-order valence-corrected chi connectivity index (χ1v) is 7.09. The Bertz CT molecular complexity index is 540. The lowest BCUT2D eigenvalue weighted by molar-refractivity contribution is -0.137. The maximum atomic E-state index is 12.6. The van der Waals surface area contributed by atoms with Crippen LogP contribution in [0.3, 0.4) is 0 Å². The molecule has 0 aliphatic carbocycles. The SMILES string of the molecule is CCC1(C(=O)Nc2ccc(C(F)(F)F)cc2Cl)CCCN1. The van der Waals surface area contributed by atoms with E-state index in [9.17, 15) is 18.0 Å². The summed E-state index contributed by atoms with van der Waals surface area (Å²) < 4.78 is 37.7. The van der Waals surface area contributed by atoms with Crippen molar-refractivity contribution >= 4 is 23.2 Å². The lowest BCUT2D eigenvalue weighted by atomic mass is 9.93. The fourth-order valence-electron chi connectivity index (χ4n) is 2.50. The Morgan fingerprint density at radius 2 is 2.19 bits per heavy atom. The standard InChI is InChI=1S/C14H16ClF3N2O/c1-2-13(6-3-7-19-13)12(21)20-11-5-4-9(8-10(11)15)14(16,17)18/h4-5,8,19H,2-3,6-7H2,1H3,(H,20,21). The van der Waals surface area contributed by atoms with Crippen LogP contribution >= 0.6 is 11.6 Å². The largest absolute Gasteiger partial charge is 0.416 e. The van der Waals surface area contributed by atoms with Gasteiger partial charge in [-0.3, -0.25) is 4.79 Å². The molecule has 21 heavy (non-hydrogen) atoms. The summed E-state index contributed by atoms with van der Waals surface area (Å²) in [4.78, 5) is 12.3. The predicted octanol–water partition coefficient (Wildman–Crippen LogP) is 3.83. The second kappa shape index (κ2) is 5.85. The summed E-state index contributed by atoms with van der Waals surface area (Å²) >= 11 is 5.84. The minimum absolute atomic E-state index is 0.123. The molecule has 0 aromatic heterocycles. The summed E-state index contributed by atoms with van der Waals surface area (Å²) in [7, 11) is 0. The molecule has 0 spiro atoms. The molecule has 1 unspecified atom stereocenters. The minimum atomic E-state index is -4.45. The molecule has 116 valence electrons. The highest BCUT2D eigenvalue weighted by Crippen LogP contribution is 2.34. The normalized spacial score (nSPS) is 22.3. The highest BCUT2D eigenvalue weighted by molar-refractivity contribution is 6.33. The van der Waals surface area contributed by atoms with E-state index in [1.165, 1.54) is 6.07 Å². The van der Waals surface area contributed by atoms with E-state index in [1.807, 2.05) is 6.92 Å². The van der Waals surface area contributed by atoms with Gasteiger partial charge >= 0.3 is 6.18 Å². The van der Waals surface area contributed by atoms with Crippen molar-refractivity contribution in [1.29, 1.82) is 0 Å². The number of halogens is 4. The van der Waals surface area contributed by atoms with E-state index in [1.54, 1.807) is 0 Å². The van der Waals surface area contributed by atoms with E-state index >= 15 is 0 Å². The Kier molecular flexibility index (Phi) is 4.49. The fourth-order valence-corrected chi connectivity index (χ4v) is 2.72. The fraction of sp³-hybridized carbons (Fsp3) is 0.500. The average molecular weight is 321 g/mol. The van der Waals surface area contributed by atoms with Crippen LogP contribution in [0.4, 0.5) is 18.9 Å². The maximum Gasteiger partial charge on any atom is 0.416 e. The lowest BCUT2D eigenvalue weighted by Crippen LogP contribution is -2.50. The molecule has 1 heterocycles. The van der Waals surface area contributed by atoms with Gasteiger partial charge in [-0.15, -0.1) is 0 Å². The van der Waals surface area contributed by atoms with Crippen molar-refractivity contribution in [3.05, 3.63) is 28.8 Å². The molecule has 2 rings (SSSR count). The van der Waals surface area contributed by atoms with Crippen LogP contribution in [0.2, 0.25) is 5.02 Å². The van der Waals surface area contributed by atoms with Gasteiger partial charge in [0, 0.05) is 0 Å². The smallest absolute Gasteiger partial charge is 0.323 e. The van der Waals surface area contributed by atoms with Crippen molar-refractivity contribution in [3.8, 4) is 0 Å². The first kappa shape index (κ1) is 16.1. The third-order valence-electron chi connectivity index (χ3n) is 3.83. The number of hydrogen-bond donors (Lipinski definition) is 2. The van der Waals surface area contributed by atoms with Crippen LogP contribution in [0.5, 0.6) is 0 Å². The Morgan fingerprint density at radius 3 is 2.67 bits per heavy atom. The van der Waals surface area contributed by atoms with Crippen molar-refractivity contribution in [2.24, 2.45) is 0 Å². The summed E-state index contributed by atoms with van der Waals surface area (Å²) in [6, 6.07) is 2.90. The summed E-state index contributed by atoms with van der Waals surface area (Å²) in [6.45, 7) is 2.65. The van der Waals surface area contributed by atoms with Gasteiger partial charge in [-0.1, -0.05) is 18.5 Å². The van der Waals surface area contributed by atoms with Crippen LogP contribution < -0.4 is 10.6 Å². The van der Waals surface area contributed by atoms with Gasteiger partial charge in [0.2, 0.25) is 5.91 Å². The number of hydrogen-bond acceptors (Lipinski definition) is 2. The molecule has 0 saturated carbocycles. The number of carbonyl (C=O) groups is 1. The number of nitrogens with one attached hydrogen (secondary N) is 2. The molecule has 2 N–H and O–H groups in total. The Hall–Kier alpha value is -1.27. The molecule has 0 radical (unpaired) electrons. The third-order valence-corrected chi connectivity index (χ3v) is 4.14. The molecule has 1 fully saturated rings. The quantitative estimate of drug-likeness (QED) is 0.888. The molecule has 1 aliphatic rings. The molecule has 1 aromatic rings. The summed E-state index contributed by atoms with van der Waals surface area (Å²) in [5.74, 6) is -0.260. The third kappa shape index (κ3) is 3.32. The summed E-state index contributed by atoms with van der Waals surface area (Å²) in [6.07, 6.45) is -2.25. The number of alkyl halides is 3. The van der Waals surface area contributed by atoms with Crippen molar-refractivity contribution in [2.45, 2.75) is 37.9 Å². The van der Waals surface area contributed by atoms with Gasteiger partial charge < -0.3 is 10.6 Å². The summed E-state index contributed by atoms with van der Waals surface area (Å²) in [5, 5.41) is 5.66. The topological polar surface area (TPSA) is 41.1 Å². The monoisotopic (exact) mass is 320 g/mol. The highest BCUT2D eigenvalue weighted by Gasteiger charge is 2.39. The van der Waals surface area contributed by atoms with Crippen LogP contribution in [-0.4, -0.2) is 18.0 Å². The maximum absolute atomic E-state index is 12.6. The number of benzene rings is 1.